The van der Waals surface area contributed by atoms with E-state index in [1.807, 2.05) is 14.0 Å². The van der Waals surface area contributed by atoms with Crippen LogP contribution in [0.3, 0.4) is 0 Å². The summed E-state index contributed by atoms with van der Waals surface area (Å²) in [7, 11) is 1.82. The Hall–Kier alpha value is -0.970. The van der Waals surface area contributed by atoms with Crippen molar-refractivity contribution in [2.45, 2.75) is 18.9 Å². The van der Waals surface area contributed by atoms with Crippen molar-refractivity contribution in [3.63, 3.8) is 0 Å². The fourth-order valence-electron chi connectivity index (χ4n) is 1.08. The molecular formula is C9H14N2O2S. The number of rotatable bonds is 4. The van der Waals surface area contributed by atoms with Crippen LogP contribution in [0.4, 0.5) is 0 Å². The summed E-state index contributed by atoms with van der Waals surface area (Å²) >= 11 is 1.59. The fraction of sp³-hybridized carbons (Fsp3) is 0.556. The quantitative estimate of drug-likeness (QED) is 0.565. The smallest absolute Gasteiger partial charge is 0.342 e. The second-order valence-corrected chi connectivity index (χ2v) is 3.89. The first-order valence-electron chi connectivity index (χ1n) is 4.52. The molecule has 0 saturated carbocycles. The molecular weight excluding hydrogens is 200 g/mol. The van der Waals surface area contributed by atoms with Crippen LogP contribution in [-0.2, 0) is 11.8 Å². The van der Waals surface area contributed by atoms with E-state index in [1.54, 1.807) is 29.6 Å². The molecule has 0 radical (unpaired) electrons. The number of esters is 1. The Bertz CT molecular complexity index is 323. The molecule has 78 valence electrons. The van der Waals surface area contributed by atoms with Gasteiger partial charge >= 0.3 is 5.97 Å². The molecule has 0 fully saturated rings. The van der Waals surface area contributed by atoms with Gasteiger partial charge in [0, 0.05) is 7.05 Å². The second kappa shape index (κ2) is 5.05. The second-order valence-electron chi connectivity index (χ2n) is 2.64. The largest absolute Gasteiger partial charge is 0.462 e. The molecule has 0 atom stereocenters. The molecule has 1 aromatic rings. The molecule has 0 bridgehead atoms. The first kappa shape index (κ1) is 11.1. The molecule has 4 nitrogen and oxygen atoms in total. The molecule has 0 aliphatic heterocycles. The van der Waals surface area contributed by atoms with Gasteiger partial charge in [-0.15, -0.1) is 11.8 Å². The van der Waals surface area contributed by atoms with Gasteiger partial charge in [-0.25, -0.2) is 4.79 Å². The van der Waals surface area contributed by atoms with Crippen LogP contribution in [0.15, 0.2) is 11.2 Å². The van der Waals surface area contributed by atoms with Gasteiger partial charge in [-0.2, -0.15) is 5.10 Å². The van der Waals surface area contributed by atoms with Crippen molar-refractivity contribution < 1.29 is 9.53 Å². The topological polar surface area (TPSA) is 44.1 Å². The van der Waals surface area contributed by atoms with Crippen molar-refractivity contribution in [3.8, 4) is 0 Å². The van der Waals surface area contributed by atoms with E-state index < -0.39 is 0 Å². The summed E-state index contributed by atoms with van der Waals surface area (Å²) in [6, 6.07) is 0. The number of nitrogens with zero attached hydrogens (tertiary/aromatic N) is 2. The third kappa shape index (κ3) is 2.29. The van der Waals surface area contributed by atoms with Crippen molar-refractivity contribution >= 4 is 17.7 Å². The number of carbonyl (C=O) groups is 1. The van der Waals surface area contributed by atoms with Gasteiger partial charge in [-0.3, -0.25) is 4.68 Å². The molecule has 14 heavy (non-hydrogen) atoms. The summed E-state index contributed by atoms with van der Waals surface area (Å²) in [5, 5.41) is 4.90. The van der Waals surface area contributed by atoms with Gasteiger partial charge in [-0.1, -0.05) is 6.92 Å². The van der Waals surface area contributed by atoms with Crippen molar-refractivity contribution in [1.82, 2.24) is 9.78 Å². The monoisotopic (exact) mass is 214 g/mol. The Labute approximate surface area is 87.6 Å². The Kier molecular flexibility index (Phi) is 4.00. The number of aryl methyl sites for hydroxylation is 1. The molecule has 1 heterocycles. The zero-order valence-corrected chi connectivity index (χ0v) is 9.43. The van der Waals surface area contributed by atoms with Crippen LogP contribution in [0.5, 0.6) is 0 Å². The highest BCUT2D eigenvalue weighted by molar-refractivity contribution is 7.99. The van der Waals surface area contributed by atoms with Crippen LogP contribution in [0, 0.1) is 0 Å². The molecule has 0 aliphatic rings. The predicted octanol–water partition coefficient (Wildman–Crippen LogP) is 1.71. The highest BCUT2D eigenvalue weighted by Crippen LogP contribution is 2.22. The van der Waals surface area contributed by atoms with E-state index in [-0.39, 0.29) is 5.97 Å². The lowest BCUT2D eigenvalue weighted by molar-refractivity contribution is 0.0522. The maximum absolute atomic E-state index is 11.5. The summed E-state index contributed by atoms with van der Waals surface area (Å²) < 4.78 is 6.62. The van der Waals surface area contributed by atoms with Gasteiger partial charge in [0.1, 0.15) is 10.6 Å². The molecule has 0 amide bonds. The zero-order valence-electron chi connectivity index (χ0n) is 8.61. The summed E-state index contributed by atoms with van der Waals surface area (Å²) in [5.74, 6) is 0.614. The standard InChI is InChI=1S/C9H14N2O2S/c1-4-13-9(12)7-6-10-11(3)8(7)14-5-2/h6H,4-5H2,1-3H3. The van der Waals surface area contributed by atoms with Crippen molar-refractivity contribution in [2.24, 2.45) is 7.05 Å². The van der Waals surface area contributed by atoms with Crippen molar-refractivity contribution in [1.29, 1.82) is 0 Å². The van der Waals surface area contributed by atoms with Crippen LogP contribution in [0.25, 0.3) is 0 Å². The fourth-order valence-corrected chi connectivity index (χ4v) is 1.88. The van der Waals surface area contributed by atoms with E-state index in [0.29, 0.717) is 12.2 Å². The average molecular weight is 214 g/mol. The number of hydrogen-bond donors (Lipinski definition) is 0. The van der Waals surface area contributed by atoms with Crippen LogP contribution in [0.2, 0.25) is 0 Å². The minimum absolute atomic E-state index is 0.295. The lowest BCUT2D eigenvalue weighted by Gasteiger charge is -2.03. The first-order valence-corrected chi connectivity index (χ1v) is 5.51. The lowest BCUT2D eigenvalue weighted by Crippen LogP contribution is -2.05. The summed E-state index contributed by atoms with van der Waals surface area (Å²) in [4.78, 5) is 11.5. The maximum Gasteiger partial charge on any atom is 0.342 e. The Morgan fingerprint density at radius 3 is 2.93 bits per heavy atom. The molecule has 5 heteroatoms. The Balaban J connectivity index is 2.90. The van der Waals surface area contributed by atoms with Crippen LogP contribution >= 0.6 is 11.8 Å². The van der Waals surface area contributed by atoms with Crippen molar-refractivity contribution in [2.75, 3.05) is 12.4 Å². The molecule has 0 N–H and O–H groups in total. The Morgan fingerprint density at radius 1 is 1.64 bits per heavy atom. The number of ether oxygens (including phenoxy) is 1. The van der Waals surface area contributed by atoms with Crippen LogP contribution in [0.1, 0.15) is 24.2 Å². The lowest BCUT2D eigenvalue weighted by atomic mass is 10.4. The SMILES string of the molecule is CCOC(=O)c1cnn(C)c1SCC. The predicted molar refractivity (Wildman–Crippen MR) is 55.6 cm³/mol. The molecule has 0 unspecified atom stereocenters. The van der Waals surface area contributed by atoms with E-state index in [0.717, 1.165) is 10.8 Å². The third-order valence-electron chi connectivity index (χ3n) is 1.66. The van der Waals surface area contributed by atoms with E-state index in [4.69, 9.17) is 4.74 Å². The van der Waals surface area contributed by atoms with E-state index >= 15 is 0 Å². The van der Waals surface area contributed by atoms with E-state index in [1.165, 1.54) is 0 Å². The minimum atomic E-state index is -0.295. The van der Waals surface area contributed by atoms with E-state index in [9.17, 15) is 4.79 Å². The summed E-state index contributed by atoms with van der Waals surface area (Å²) in [6.45, 7) is 4.22. The highest BCUT2D eigenvalue weighted by Gasteiger charge is 2.16. The number of thioether (sulfide) groups is 1. The Morgan fingerprint density at radius 2 is 2.36 bits per heavy atom. The highest BCUT2D eigenvalue weighted by atomic mass is 32.2. The van der Waals surface area contributed by atoms with Gasteiger partial charge in [-0.05, 0) is 12.7 Å². The normalized spacial score (nSPS) is 10.2. The average Bonchev–Trinajstić information content (AvgIpc) is 2.50. The number of hydrogen-bond acceptors (Lipinski definition) is 4. The van der Waals surface area contributed by atoms with Gasteiger partial charge in [0.2, 0.25) is 0 Å². The number of aromatic nitrogens is 2. The third-order valence-corrected chi connectivity index (χ3v) is 2.71. The van der Waals surface area contributed by atoms with Gasteiger partial charge < -0.3 is 4.74 Å². The van der Waals surface area contributed by atoms with E-state index in [2.05, 4.69) is 5.10 Å². The van der Waals surface area contributed by atoms with Gasteiger partial charge in [0.15, 0.2) is 0 Å². The first-order chi connectivity index (χ1) is 6.70. The summed E-state index contributed by atoms with van der Waals surface area (Å²) in [5.41, 5.74) is 0.557. The molecule has 0 aromatic carbocycles. The van der Waals surface area contributed by atoms with Crippen molar-refractivity contribution in [3.05, 3.63) is 11.8 Å². The zero-order chi connectivity index (χ0) is 10.6. The maximum atomic E-state index is 11.5. The molecule has 1 rings (SSSR count). The van der Waals surface area contributed by atoms with Gasteiger partial charge in [0.25, 0.3) is 0 Å². The minimum Gasteiger partial charge on any atom is -0.462 e. The number of carbonyl (C=O) groups excluding carboxylic acids is 1. The van der Waals surface area contributed by atoms with Crippen LogP contribution < -0.4 is 0 Å². The molecule has 0 aliphatic carbocycles. The van der Waals surface area contributed by atoms with Crippen LogP contribution in [-0.4, -0.2) is 28.1 Å². The summed E-state index contributed by atoms with van der Waals surface area (Å²) in [6.07, 6.45) is 1.55. The molecule has 1 aromatic heterocycles. The molecule has 0 spiro atoms. The van der Waals surface area contributed by atoms with Gasteiger partial charge in [0.05, 0.1) is 12.8 Å². The molecule has 0 saturated heterocycles.